The number of allylic oxidation sites excluding steroid dienone is 1. The first-order valence-electron chi connectivity index (χ1n) is 7.31. The molecule has 1 heterocycles. The van der Waals surface area contributed by atoms with Crippen LogP contribution in [0.2, 0.25) is 0 Å². The monoisotopic (exact) mass is 381 g/mol. The van der Waals surface area contributed by atoms with Crippen LogP contribution in [0, 0.1) is 0 Å². The molecule has 1 aromatic carbocycles. The molecule has 5 nitrogen and oxygen atoms in total. The van der Waals surface area contributed by atoms with Crippen LogP contribution in [-0.4, -0.2) is 36.0 Å². The molecule has 1 amide bonds. The van der Waals surface area contributed by atoms with E-state index in [0.29, 0.717) is 22.5 Å². The lowest BCUT2D eigenvalue weighted by molar-refractivity contribution is -0.115. The normalized spacial score (nSPS) is 15.7. The van der Waals surface area contributed by atoms with Crippen LogP contribution in [0.15, 0.2) is 28.7 Å². The molecular weight excluding hydrogens is 362 g/mol. The molecule has 0 atom stereocenters. The van der Waals surface area contributed by atoms with E-state index in [1.807, 2.05) is 32.9 Å². The minimum absolute atomic E-state index is 0.0318. The quantitative estimate of drug-likeness (QED) is 0.777. The Morgan fingerprint density at radius 3 is 2.35 bits per heavy atom. The van der Waals surface area contributed by atoms with Crippen molar-refractivity contribution in [2.75, 3.05) is 13.7 Å². The van der Waals surface area contributed by atoms with Crippen molar-refractivity contribution in [2.45, 2.75) is 32.8 Å². The number of nitrogens with zero attached hydrogens (tertiary/aromatic N) is 1. The molecule has 1 aromatic rings. The molecule has 124 valence electrons. The van der Waals surface area contributed by atoms with Gasteiger partial charge in [-0.25, -0.2) is 4.79 Å². The molecule has 2 rings (SSSR count). The summed E-state index contributed by atoms with van der Waals surface area (Å²) in [7, 11) is 1.58. The van der Waals surface area contributed by atoms with Gasteiger partial charge in [0, 0.05) is 13.0 Å². The summed E-state index contributed by atoms with van der Waals surface area (Å²) in [6.45, 7) is 5.73. The molecule has 0 unspecified atom stereocenters. The third-order valence-corrected chi connectivity index (χ3v) is 4.08. The Bertz CT molecular complexity index is 644. The lowest BCUT2D eigenvalue weighted by atomic mass is 10.0. The van der Waals surface area contributed by atoms with Crippen molar-refractivity contribution in [3.63, 3.8) is 0 Å². The number of hydrogen-bond acceptors (Lipinski definition) is 4. The van der Waals surface area contributed by atoms with E-state index in [9.17, 15) is 9.59 Å². The molecule has 1 aliphatic rings. The Hall–Kier alpha value is -1.82. The Labute approximate surface area is 144 Å². The first kappa shape index (κ1) is 17.5. The molecule has 0 spiro atoms. The van der Waals surface area contributed by atoms with Gasteiger partial charge in [0.05, 0.1) is 17.3 Å². The highest BCUT2D eigenvalue weighted by Gasteiger charge is 2.32. The molecule has 0 N–H and O–H groups in total. The highest BCUT2D eigenvalue weighted by Crippen LogP contribution is 2.33. The van der Waals surface area contributed by atoms with Crippen molar-refractivity contribution < 1.29 is 19.1 Å². The van der Waals surface area contributed by atoms with Crippen molar-refractivity contribution in [1.29, 1.82) is 0 Å². The van der Waals surface area contributed by atoms with Crippen molar-refractivity contribution >= 4 is 33.5 Å². The van der Waals surface area contributed by atoms with Gasteiger partial charge in [0.1, 0.15) is 11.4 Å². The van der Waals surface area contributed by atoms with Crippen LogP contribution >= 0.6 is 15.9 Å². The maximum absolute atomic E-state index is 12.5. The summed E-state index contributed by atoms with van der Waals surface area (Å²) in [4.78, 5) is 26.0. The molecule has 0 bridgehead atoms. The van der Waals surface area contributed by atoms with Crippen LogP contribution in [0.3, 0.4) is 0 Å². The van der Waals surface area contributed by atoms with Crippen molar-refractivity contribution in [1.82, 2.24) is 4.90 Å². The highest BCUT2D eigenvalue weighted by atomic mass is 79.9. The first-order chi connectivity index (χ1) is 10.7. The molecule has 1 aliphatic heterocycles. The van der Waals surface area contributed by atoms with E-state index in [1.54, 1.807) is 19.2 Å². The molecule has 0 saturated heterocycles. The van der Waals surface area contributed by atoms with E-state index in [4.69, 9.17) is 9.47 Å². The Morgan fingerprint density at radius 2 is 1.83 bits per heavy atom. The zero-order valence-corrected chi connectivity index (χ0v) is 15.3. The number of benzene rings is 1. The minimum Gasteiger partial charge on any atom is -0.497 e. The van der Waals surface area contributed by atoms with E-state index in [-0.39, 0.29) is 12.2 Å². The van der Waals surface area contributed by atoms with E-state index < -0.39 is 11.7 Å². The average molecular weight is 382 g/mol. The molecule has 0 aliphatic carbocycles. The van der Waals surface area contributed by atoms with Crippen LogP contribution in [0.4, 0.5) is 4.79 Å². The lowest BCUT2D eigenvalue weighted by Gasteiger charge is -2.32. The number of Topliss-reactive ketones (excluding diaryl/α,β-unsaturated/α-hetero) is 1. The van der Waals surface area contributed by atoms with Gasteiger partial charge in [0.25, 0.3) is 0 Å². The molecule has 0 saturated carbocycles. The maximum atomic E-state index is 12.5. The summed E-state index contributed by atoms with van der Waals surface area (Å²) in [5.41, 5.74) is 0.672. The number of methoxy groups -OCH3 is 1. The second-order valence-corrected chi connectivity index (χ2v) is 6.99. The molecule has 6 heteroatoms. The summed E-state index contributed by atoms with van der Waals surface area (Å²) >= 11 is 3.33. The summed E-state index contributed by atoms with van der Waals surface area (Å²) in [6.07, 6.45) is -0.202. The van der Waals surface area contributed by atoms with Crippen LogP contribution in [-0.2, 0) is 9.53 Å². The number of hydrogen-bond donors (Lipinski definition) is 0. The van der Waals surface area contributed by atoms with Crippen LogP contribution in [0.25, 0.3) is 5.70 Å². The number of ether oxygens (including phenoxy) is 2. The minimum atomic E-state index is -0.601. The fourth-order valence-corrected chi connectivity index (χ4v) is 2.86. The van der Waals surface area contributed by atoms with Gasteiger partial charge in [-0.1, -0.05) is 0 Å². The average Bonchev–Trinajstić information content (AvgIpc) is 2.48. The Morgan fingerprint density at radius 1 is 1.22 bits per heavy atom. The molecule has 0 radical (unpaired) electrons. The largest absolute Gasteiger partial charge is 0.497 e. The van der Waals surface area contributed by atoms with E-state index in [0.717, 1.165) is 5.56 Å². The maximum Gasteiger partial charge on any atom is 0.414 e. The predicted molar refractivity (Wildman–Crippen MR) is 91.4 cm³/mol. The van der Waals surface area contributed by atoms with E-state index >= 15 is 0 Å². The number of amides is 1. The van der Waals surface area contributed by atoms with E-state index in [2.05, 4.69) is 15.9 Å². The van der Waals surface area contributed by atoms with Gasteiger partial charge in [0.15, 0.2) is 5.78 Å². The second kappa shape index (κ2) is 6.74. The van der Waals surface area contributed by atoms with Crippen molar-refractivity contribution in [3.8, 4) is 5.75 Å². The van der Waals surface area contributed by atoms with Crippen LogP contribution < -0.4 is 4.74 Å². The van der Waals surface area contributed by atoms with Gasteiger partial charge in [-0.15, -0.1) is 0 Å². The summed E-state index contributed by atoms with van der Waals surface area (Å²) in [5, 5.41) is 0. The number of rotatable bonds is 2. The summed E-state index contributed by atoms with van der Waals surface area (Å²) in [5.74, 6) is 0.673. The van der Waals surface area contributed by atoms with Gasteiger partial charge in [0.2, 0.25) is 0 Å². The first-order valence-corrected chi connectivity index (χ1v) is 8.10. The smallest absolute Gasteiger partial charge is 0.414 e. The van der Waals surface area contributed by atoms with Gasteiger partial charge in [-0.3, -0.25) is 9.69 Å². The zero-order chi connectivity index (χ0) is 17.2. The molecular formula is C17H20BrNO4. The third kappa shape index (κ3) is 4.13. The standard InChI is InChI=1S/C17H20BrNO4/c1-17(2,3)23-16(21)19-10-9-13(20)14(18)15(19)11-5-7-12(22-4)8-6-11/h5-8H,9-10H2,1-4H3. The van der Waals surface area contributed by atoms with Gasteiger partial charge in [-0.2, -0.15) is 0 Å². The zero-order valence-electron chi connectivity index (χ0n) is 13.7. The number of ketones is 1. The van der Waals surface area contributed by atoms with Gasteiger partial charge in [-0.05, 0) is 66.5 Å². The van der Waals surface area contributed by atoms with Gasteiger partial charge < -0.3 is 9.47 Å². The fourth-order valence-electron chi connectivity index (χ4n) is 2.22. The Kier molecular flexibility index (Phi) is 5.14. The van der Waals surface area contributed by atoms with Crippen molar-refractivity contribution in [2.24, 2.45) is 0 Å². The second-order valence-electron chi connectivity index (χ2n) is 6.20. The fraction of sp³-hybridized carbons (Fsp3) is 0.412. The molecule has 0 fully saturated rings. The summed E-state index contributed by atoms with van der Waals surface area (Å²) < 4.78 is 11.0. The summed E-state index contributed by atoms with van der Waals surface area (Å²) in [6, 6.07) is 7.20. The molecule has 0 aromatic heterocycles. The van der Waals surface area contributed by atoms with Crippen LogP contribution in [0.5, 0.6) is 5.75 Å². The predicted octanol–water partition coefficient (Wildman–Crippen LogP) is 3.97. The number of carbonyl (C=O) groups excluding carboxylic acids is 2. The topological polar surface area (TPSA) is 55.8 Å². The third-order valence-electron chi connectivity index (χ3n) is 3.26. The van der Waals surface area contributed by atoms with Crippen molar-refractivity contribution in [3.05, 3.63) is 34.3 Å². The van der Waals surface area contributed by atoms with E-state index in [1.165, 1.54) is 4.90 Å². The Balaban J connectivity index is 2.41. The SMILES string of the molecule is COc1ccc(C2=C(Br)C(=O)CCN2C(=O)OC(C)(C)C)cc1. The molecule has 23 heavy (non-hydrogen) atoms. The van der Waals surface area contributed by atoms with Gasteiger partial charge >= 0.3 is 6.09 Å². The number of halogens is 1. The highest BCUT2D eigenvalue weighted by molar-refractivity contribution is 9.12. The lowest BCUT2D eigenvalue weighted by Crippen LogP contribution is -2.39. The number of carbonyl (C=O) groups is 2. The van der Waals surface area contributed by atoms with Crippen LogP contribution in [0.1, 0.15) is 32.8 Å².